The summed E-state index contributed by atoms with van der Waals surface area (Å²) in [7, 11) is -2.88. The molecular weight excluding hydrogens is 395 g/mol. The van der Waals surface area contributed by atoms with Crippen molar-refractivity contribution >= 4 is 40.5 Å². The van der Waals surface area contributed by atoms with Crippen molar-refractivity contribution < 1.29 is 8.42 Å². The van der Waals surface area contributed by atoms with E-state index in [0.29, 0.717) is 19.0 Å². The van der Waals surface area contributed by atoms with Gasteiger partial charge < -0.3 is 10.2 Å². The van der Waals surface area contributed by atoms with E-state index in [4.69, 9.17) is 9.97 Å². The van der Waals surface area contributed by atoms with Crippen molar-refractivity contribution in [3.63, 3.8) is 0 Å². The van der Waals surface area contributed by atoms with Crippen LogP contribution in [0.5, 0.6) is 0 Å². The first-order chi connectivity index (χ1) is 11.6. The summed E-state index contributed by atoms with van der Waals surface area (Å²) in [5, 5.41) is 3.44. The van der Waals surface area contributed by atoms with E-state index in [2.05, 4.69) is 10.2 Å². The van der Waals surface area contributed by atoms with Crippen molar-refractivity contribution in [2.75, 3.05) is 42.6 Å². The van der Waals surface area contributed by atoms with Gasteiger partial charge in [0.15, 0.2) is 9.84 Å². The van der Waals surface area contributed by atoms with Crippen LogP contribution in [0.3, 0.4) is 0 Å². The van der Waals surface area contributed by atoms with Crippen molar-refractivity contribution in [1.82, 2.24) is 15.3 Å². The molecule has 9 heteroatoms. The smallest absolute Gasteiger partial charge is 0.153 e. The highest BCUT2D eigenvalue weighted by atomic mass is 35.5. The van der Waals surface area contributed by atoms with Gasteiger partial charge in [-0.2, -0.15) is 0 Å². The number of fused-ring (bicyclic) bond motifs is 1. The summed E-state index contributed by atoms with van der Waals surface area (Å²) in [6.45, 7) is 3.02. The Labute approximate surface area is 168 Å². The van der Waals surface area contributed by atoms with Gasteiger partial charge in [-0.25, -0.2) is 18.4 Å². The van der Waals surface area contributed by atoms with E-state index in [1.165, 1.54) is 36.9 Å². The highest BCUT2D eigenvalue weighted by Crippen LogP contribution is 2.35. The second-order valence-electron chi connectivity index (χ2n) is 7.20. The summed E-state index contributed by atoms with van der Waals surface area (Å²) in [5.41, 5.74) is 2.42. The number of rotatable bonds is 2. The van der Waals surface area contributed by atoms with Crippen LogP contribution in [0.4, 0.5) is 5.82 Å². The molecule has 0 radical (unpaired) electrons. The largest absolute Gasteiger partial charge is 0.354 e. The van der Waals surface area contributed by atoms with Crippen molar-refractivity contribution in [2.45, 2.75) is 44.4 Å². The predicted molar refractivity (Wildman–Crippen MR) is 109 cm³/mol. The highest BCUT2D eigenvalue weighted by Gasteiger charge is 2.29. The number of nitrogens with zero attached hydrogens (tertiary/aromatic N) is 3. The van der Waals surface area contributed by atoms with Crippen molar-refractivity contribution in [3.8, 4) is 0 Å². The summed E-state index contributed by atoms with van der Waals surface area (Å²) < 4.78 is 23.6. The fourth-order valence-corrected chi connectivity index (χ4v) is 5.30. The Morgan fingerprint density at radius 3 is 2.31 bits per heavy atom. The third-order valence-corrected chi connectivity index (χ3v) is 7.15. The minimum absolute atomic E-state index is 0. The van der Waals surface area contributed by atoms with Gasteiger partial charge in [0.05, 0.1) is 17.2 Å². The maximum Gasteiger partial charge on any atom is 0.153 e. The molecule has 0 atom stereocenters. The lowest BCUT2D eigenvalue weighted by Gasteiger charge is -2.30. The lowest BCUT2D eigenvalue weighted by atomic mass is 10.0. The van der Waals surface area contributed by atoms with Crippen LogP contribution in [0.15, 0.2) is 0 Å². The molecule has 2 fully saturated rings. The van der Waals surface area contributed by atoms with Gasteiger partial charge in [-0.3, -0.25) is 0 Å². The van der Waals surface area contributed by atoms with Crippen LogP contribution in [0.2, 0.25) is 0 Å². The standard InChI is InChI=1S/C17H26N4O2S.2ClH/c22-24(23)11-9-21(10-12-24)17-14-5-7-18-8-6-15(14)19-16(20-17)13-3-1-2-4-13;;/h13,18H,1-12H2;2*1H. The SMILES string of the molecule is Cl.Cl.O=S1(=O)CCN(c2nc(C3CCCC3)nc3c2CCNCC3)CC1. The van der Waals surface area contributed by atoms with Crippen LogP contribution < -0.4 is 10.2 Å². The van der Waals surface area contributed by atoms with E-state index < -0.39 is 9.84 Å². The molecule has 0 amide bonds. The van der Waals surface area contributed by atoms with Gasteiger partial charge in [-0.15, -0.1) is 24.8 Å². The number of sulfone groups is 1. The molecule has 148 valence electrons. The van der Waals surface area contributed by atoms with Gasteiger partial charge in [0.25, 0.3) is 0 Å². The molecule has 1 saturated carbocycles. The number of hydrogen-bond acceptors (Lipinski definition) is 6. The third kappa shape index (κ3) is 4.61. The zero-order chi connectivity index (χ0) is 16.6. The van der Waals surface area contributed by atoms with Gasteiger partial charge in [0.1, 0.15) is 11.6 Å². The van der Waals surface area contributed by atoms with Gasteiger partial charge in [0, 0.05) is 37.5 Å². The Bertz CT molecular complexity index is 710. The lowest BCUT2D eigenvalue weighted by Crippen LogP contribution is -2.41. The first-order valence-corrected chi connectivity index (χ1v) is 11.0. The summed E-state index contributed by atoms with van der Waals surface area (Å²) in [6.07, 6.45) is 6.78. The van der Waals surface area contributed by atoms with Crippen molar-refractivity contribution in [3.05, 3.63) is 17.1 Å². The monoisotopic (exact) mass is 422 g/mol. The predicted octanol–water partition coefficient (Wildman–Crippen LogP) is 1.90. The summed E-state index contributed by atoms with van der Waals surface area (Å²) in [4.78, 5) is 12.1. The zero-order valence-corrected chi connectivity index (χ0v) is 17.4. The number of aromatic nitrogens is 2. The molecular formula is C17H28Cl2N4O2S. The molecule has 1 aromatic heterocycles. The first-order valence-electron chi connectivity index (χ1n) is 9.18. The molecule has 1 N–H and O–H groups in total. The van der Waals surface area contributed by atoms with Crippen molar-refractivity contribution in [2.24, 2.45) is 0 Å². The average Bonchev–Trinajstić information content (AvgIpc) is 3.00. The number of hydrogen-bond donors (Lipinski definition) is 1. The second-order valence-corrected chi connectivity index (χ2v) is 9.50. The number of halogens is 2. The molecule has 0 unspecified atom stereocenters. The number of anilines is 1. The molecule has 26 heavy (non-hydrogen) atoms. The van der Waals surface area contributed by atoms with E-state index in [0.717, 1.165) is 37.6 Å². The maximum absolute atomic E-state index is 11.8. The Morgan fingerprint density at radius 2 is 1.62 bits per heavy atom. The molecule has 3 heterocycles. The maximum atomic E-state index is 11.8. The molecule has 1 saturated heterocycles. The quantitative estimate of drug-likeness (QED) is 0.783. The Hall–Kier alpha value is -0.630. The molecule has 1 aliphatic carbocycles. The summed E-state index contributed by atoms with van der Waals surface area (Å²) in [6, 6.07) is 0. The minimum atomic E-state index is -2.88. The fourth-order valence-electron chi connectivity index (χ4n) is 4.10. The van der Waals surface area contributed by atoms with Crippen molar-refractivity contribution in [1.29, 1.82) is 0 Å². The van der Waals surface area contributed by atoms with Gasteiger partial charge in [0.2, 0.25) is 0 Å². The van der Waals surface area contributed by atoms with E-state index in [9.17, 15) is 8.42 Å². The van der Waals surface area contributed by atoms with Gasteiger partial charge in [-0.1, -0.05) is 12.8 Å². The van der Waals surface area contributed by atoms with Gasteiger partial charge in [-0.05, 0) is 25.8 Å². The third-order valence-electron chi connectivity index (χ3n) is 5.54. The van der Waals surface area contributed by atoms with Crippen LogP contribution in [-0.4, -0.2) is 56.1 Å². The molecule has 4 rings (SSSR count). The molecule has 0 bridgehead atoms. The second kappa shape index (κ2) is 9.04. The first kappa shape index (κ1) is 21.7. The van der Waals surface area contributed by atoms with Crippen LogP contribution in [0.1, 0.15) is 48.7 Å². The average molecular weight is 423 g/mol. The van der Waals surface area contributed by atoms with Crippen LogP contribution in [0, 0.1) is 0 Å². The molecule has 2 aliphatic heterocycles. The number of nitrogens with one attached hydrogen (secondary N) is 1. The topological polar surface area (TPSA) is 75.2 Å². The molecule has 1 aromatic rings. The van der Waals surface area contributed by atoms with Gasteiger partial charge >= 0.3 is 0 Å². The Balaban J connectivity index is 0.00000121. The normalized spacial score (nSPS) is 22.7. The van der Waals surface area contributed by atoms with Crippen LogP contribution in [-0.2, 0) is 22.7 Å². The zero-order valence-electron chi connectivity index (χ0n) is 14.9. The highest BCUT2D eigenvalue weighted by molar-refractivity contribution is 7.91. The molecule has 0 spiro atoms. The summed E-state index contributed by atoms with van der Waals surface area (Å²) in [5.74, 6) is 2.97. The van der Waals surface area contributed by atoms with Crippen LogP contribution in [0.25, 0.3) is 0 Å². The van der Waals surface area contributed by atoms with E-state index in [1.54, 1.807) is 0 Å². The summed E-state index contributed by atoms with van der Waals surface area (Å²) >= 11 is 0. The van der Waals surface area contributed by atoms with E-state index >= 15 is 0 Å². The molecule has 3 aliphatic rings. The van der Waals surface area contributed by atoms with E-state index in [1.807, 2.05) is 0 Å². The fraction of sp³-hybridized carbons (Fsp3) is 0.765. The Kier molecular flexibility index (Phi) is 7.53. The molecule has 0 aromatic carbocycles. The Morgan fingerprint density at radius 1 is 0.962 bits per heavy atom. The minimum Gasteiger partial charge on any atom is -0.354 e. The lowest BCUT2D eigenvalue weighted by molar-refractivity contribution is 0.585. The van der Waals surface area contributed by atoms with E-state index in [-0.39, 0.29) is 36.3 Å². The van der Waals surface area contributed by atoms with Crippen LogP contribution >= 0.6 is 24.8 Å². The molecule has 6 nitrogen and oxygen atoms in total.